The molecule has 5 heteroatoms. The summed E-state index contributed by atoms with van der Waals surface area (Å²) >= 11 is 0. The third-order valence-corrected chi connectivity index (χ3v) is 3.08. The van der Waals surface area contributed by atoms with E-state index in [0.717, 1.165) is 24.3 Å². The van der Waals surface area contributed by atoms with Crippen molar-refractivity contribution < 1.29 is 9.13 Å². The Balaban J connectivity index is 2.60. The van der Waals surface area contributed by atoms with Crippen molar-refractivity contribution in [1.29, 1.82) is 0 Å². The summed E-state index contributed by atoms with van der Waals surface area (Å²) < 4.78 is 19.4. The van der Waals surface area contributed by atoms with Crippen molar-refractivity contribution in [1.82, 2.24) is 9.97 Å². The van der Waals surface area contributed by atoms with Crippen molar-refractivity contribution in [3.05, 3.63) is 35.9 Å². The average molecular weight is 275 g/mol. The fourth-order valence-electron chi connectivity index (χ4n) is 2.15. The van der Waals surface area contributed by atoms with Gasteiger partial charge in [0.25, 0.3) is 0 Å². The van der Waals surface area contributed by atoms with Crippen LogP contribution < -0.4 is 10.1 Å². The van der Waals surface area contributed by atoms with E-state index in [2.05, 4.69) is 15.3 Å². The zero-order valence-corrected chi connectivity index (χ0v) is 11.9. The van der Waals surface area contributed by atoms with Crippen LogP contribution in [0.2, 0.25) is 0 Å². The highest BCUT2D eigenvalue weighted by molar-refractivity contribution is 5.70. The van der Waals surface area contributed by atoms with E-state index in [9.17, 15) is 4.39 Å². The van der Waals surface area contributed by atoms with Gasteiger partial charge in [-0.3, -0.25) is 0 Å². The number of ether oxygens (including phenoxy) is 1. The number of hydrogen-bond acceptors (Lipinski definition) is 4. The minimum absolute atomic E-state index is 0.216. The minimum atomic E-state index is -0.397. The highest BCUT2D eigenvalue weighted by Gasteiger charge is 2.16. The third-order valence-electron chi connectivity index (χ3n) is 3.08. The first kappa shape index (κ1) is 14.2. The SMILES string of the molecule is CCNc1ncnc(-c2cccc(OC)c2F)c1CC. The predicted octanol–water partition coefficient (Wildman–Crippen LogP) is 3.29. The Morgan fingerprint density at radius 3 is 2.70 bits per heavy atom. The molecule has 0 radical (unpaired) electrons. The van der Waals surface area contributed by atoms with Crippen LogP contribution in [0.5, 0.6) is 5.75 Å². The lowest BCUT2D eigenvalue weighted by Crippen LogP contribution is -2.06. The van der Waals surface area contributed by atoms with Gasteiger partial charge in [-0.25, -0.2) is 14.4 Å². The average Bonchev–Trinajstić information content (AvgIpc) is 2.47. The van der Waals surface area contributed by atoms with E-state index < -0.39 is 5.82 Å². The second kappa shape index (κ2) is 6.32. The summed E-state index contributed by atoms with van der Waals surface area (Å²) in [6.45, 7) is 4.75. The lowest BCUT2D eigenvalue weighted by Gasteiger charge is -2.13. The van der Waals surface area contributed by atoms with Crippen molar-refractivity contribution in [2.24, 2.45) is 0 Å². The van der Waals surface area contributed by atoms with Crippen LogP contribution in [0.1, 0.15) is 19.4 Å². The summed E-state index contributed by atoms with van der Waals surface area (Å²) in [6.07, 6.45) is 2.17. The molecule has 20 heavy (non-hydrogen) atoms. The van der Waals surface area contributed by atoms with Crippen molar-refractivity contribution in [3.8, 4) is 17.0 Å². The molecule has 1 aromatic carbocycles. The van der Waals surface area contributed by atoms with Crippen molar-refractivity contribution in [3.63, 3.8) is 0 Å². The van der Waals surface area contributed by atoms with Crippen LogP contribution in [0.4, 0.5) is 10.2 Å². The fraction of sp³-hybridized carbons (Fsp3) is 0.333. The standard InChI is InChI=1S/C15H18FN3O/c1-4-10-14(18-9-19-15(10)17-5-2)11-7-6-8-12(20-3)13(11)16/h6-9H,4-5H2,1-3H3,(H,17,18,19). The Bertz CT molecular complexity index is 602. The lowest BCUT2D eigenvalue weighted by molar-refractivity contribution is 0.387. The highest BCUT2D eigenvalue weighted by atomic mass is 19.1. The number of halogens is 1. The van der Waals surface area contributed by atoms with Gasteiger partial charge in [-0.1, -0.05) is 13.0 Å². The first-order valence-corrected chi connectivity index (χ1v) is 6.63. The summed E-state index contributed by atoms with van der Waals surface area (Å²) in [5.74, 6) is 0.571. The van der Waals surface area contributed by atoms with E-state index in [0.29, 0.717) is 11.3 Å². The van der Waals surface area contributed by atoms with E-state index in [4.69, 9.17) is 4.74 Å². The normalized spacial score (nSPS) is 10.4. The first-order valence-electron chi connectivity index (χ1n) is 6.63. The Labute approximate surface area is 118 Å². The molecule has 106 valence electrons. The molecule has 0 aliphatic carbocycles. The number of methoxy groups -OCH3 is 1. The maximum Gasteiger partial charge on any atom is 0.174 e. The van der Waals surface area contributed by atoms with Crippen LogP contribution in [-0.2, 0) is 6.42 Å². The van der Waals surface area contributed by atoms with Crippen molar-refractivity contribution in [2.45, 2.75) is 20.3 Å². The topological polar surface area (TPSA) is 47.0 Å². The van der Waals surface area contributed by atoms with Gasteiger partial charge in [0, 0.05) is 17.7 Å². The van der Waals surface area contributed by atoms with Crippen LogP contribution in [0.15, 0.2) is 24.5 Å². The Hall–Kier alpha value is -2.17. The number of nitrogens with zero attached hydrogens (tertiary/aromatic N) is 2. The Morgan fingerprint density at radius 1 is 1.25 bits per heavy atom. The number of hydrogen-bond donors (Lipinski definition) is 1. The van der Waals surface area contributed by atoms with E-state index in [1.54, 1.807) is 18.2 Å². The smallest absolute Gasteiger partial charge is 0.174 e. The van der Waals surface area contributed by atoms with Gasteiger partial charge in [0.15, 0.2) is 11.6 Å². The fourth-order valence-corrected chi connectivity index (χ4v) is 2.15. The molecule has 0 fully saturated rings. The molecule has 2 rings (SSSR count). The molecule has 0 amide bonds. The molecule has 1 aromatic heterocycles. The van der Waals surface area contributed by atoms with E-state index in [1.165, 1.54) is 13.4 Å². The molecule has 0 saturated carbocycles. The Morgan fingerprint density at radius 2 is 2.05 bits per heavy atom. The zero-order chi connectivity index (χ0) is 14.5. The van der Waals surface area contributed by atoms with E-state index in [1.807, 2.05) is 13.8 Å². The molecular weight excluding hydrogens is 257 g/mol. The quantitative estimate of drug-likeness (QED) is 0.909. The molecule has 1 heterocycles. The predicted molar refractivity (Wildman–Crippen MR) is 77.5 cm³/mol. The summed E-state index contributed by atoms with van der Waals surface area (Å²) in [5, 5.41) is 3.18. The number of nitrogens with one attached hydrogen (secondary N) is 1. The first-order chi connectivity index (χ1) is 9.72. The van der Waals surface area contributed by atoms with Crippen LogP contribution in [0.25, 0.3) is 11.3 Å². The third kappa shape index (κ3) is 2.57. The zero-order valence-electron chi connectivity index (χ0n) is 11.9. The molecule has 0 bridgehead atoms. The van der Waals surface area contributed by atoms with Crippen LogP contribution in [0, 0.1) is 5.82 Å². The maximum atomic E-state index is 14.4. The molecule has 0 spiro atoms. The Kier molecular flexibility index (Phi) is 4.50. The van der Waals surface area contributed by atoms with Gasteiger partial charge in [0.2, 0.25) is 0 Å². The van der Waals surface area contributed by atoms with Crippen LogP contribution >= 0.6 is 0 Å². The second-order valence-electron chi connectivity index (χ2n) is 4.26. The number of aromatic nitrogens is 2. The molecule has 0 unspecified atom stereocenters. The van der Waals surface area contributed by atoms with E-state index >= 15 is 0 Å². The van der Waals surface area contributed by atoms with Gasteiger partial charge in [-0.05, 0) is 25.5 Å². The van der Waals surface area contributed by atoms with Crippen LogP contribution in [0.3, 0.4) is 0 Å². The molecular formula is C15H18FN3O. The van der Waals surface area contributed by atoms with Gasteiger partial charge < -0.3 is 10.1 Å². The molecule has 2 aromatic rings. The molecule has 4 nitrogen and oxygen atoms in total. The second-order valence-corrected chi connectivity index (χ2v) is 4.26. The highest BCUT2D eigenvalue weighted by Crippen LogP contribution is 2.31. The van der Waals surface area contributed by atoms with Crippen LogP contribution in [-0.4, -0.2) is 23.6 Å². The monoisotopic (exact) mass is 275 g/mol. The van der Waals surface area contributed by atoms with E-state index in [-0.39, 0.29) is 5.75 Å². The van der Waals surface area contributed by atoms with Gasteiger partial charge in [0.05, 0.1) is 12.8 Å². The summed E-state index contributed by atoms with van der Waals surface area (Å²) in [6, 6.07) is 5.05. The largest absolute Gasteiger partial charge is 0.494 e. The summed E-state index contributed by atoms with van der Waals surface area (Å²) in [5.41, 5.74) is 1.94. The lowest BCUT2D eigenvalue weighted by atomic mass is 10.0. The van der Waals surface area contributed by atoms with Crippen molar-refractivity contribution in [2.75, 3.05) is 19.0 Å². The molecule has 0 saturated heterocycles. The minimum Gasteiger partial charge on any atom is -0.494 e. The number of benzene rings is 1. The molecule has 0 atom stereocenters. The molecule has 0 aliphatic heterocycles. The molecule has 0 aliphatic rings. The summed E-state index contributed by atoms with van der Waals surface area (Å²) in [4.78, 5) is 8.47. The maximum absolute atomic E-state index is 14.4. The number of rotatable bonds is 5. The summed E-state index contributed by atoms with van der Waals surface area (Å²) in [7, 11) is 1.45. The van der Waals surface area contributed by atoms with Gasteiger partial charge >= 0.3 is 0 Å². The van der Waals surface area contributed by atoms with Gasteiger partial charge in [-0.2, -0.15) is 0 Å². The number of anilines is 1. The van der Waals surface area contributed by atoms with Gasteiger partial charge in [-0.15, -0.1) is 0 Å². The molecule has 1 N–H and O–H groups in total. The van der Waals surface area contributed by atoms with Gasteiger partial charge in [0.1, 0.15) is 12.1 Å². The van der Waals surface area contributed by atoms with Crippen molar-refractivity contribution >= 4 is 5.82 Å².